The van der Waals surface area contributed by atoms with E-state index in [1.807, 2.05) is 0 Å². The van der Waals surface area contributed by atoms with E-state index in [4.69, 9.17) is 0 Å². The molecule has 0 bridgehead atoms. The van der Waals surface area contributed by atoms with E-state index in [1.54, 1.807) is 0 Å². The largest absolute Gasteiger partial charge is 0.453 e. The third-order valence-electron chi connectivity index (χ3n) is 3.12. The summed E-state index contributed by atoms with van der Waals surface area (Å²) >= 11 is 0. The molecule has 0 saturated carbocycles. The quantitative estimate of drug-likeness (QED) is 0.487. The predicted octanol–water partition coefficient (Wildman–Crippen LogP) is 3.46. The van der Waals surface area contributed by atoms with Gasteiger partial charge in [-0.15, -0.1) is 0 Å². The fourth-order valence-corrected chi connectivity index (χ4v) is 2.28. The number of alkyl halides is 3. The molecule has 0 N–H and O–H groups in total. The van der Waals surface area contributed by atoms with Gasteiger partial charge in [0, 0.05) is 18.1 Å². The summed E-state index contributed by atoms with van der Waals surface area (Å²) in [5.41, 5.74) is 1.02. The molecule has 0 aromatic heterocycles. The molecule has 22 heavy (non-hydrogen) atoms. The van der Waals surface area contributed by atoms with Crippen molar-refractivity contribution in [2.24, 2.45) is 0 Å². The van der Waals surface area contributed by atoms with Gasteiger partial charge >= 0.3 is 12.1 Å². The number of halogens is 4. The van der Waals surface area contributed by atoms with E-state index in [1.165, 1.54) is 6.07 Å². The molecule has 2 rings (SSSR count). The zero-order chi connectivity index (χ0) is 16.3. The summed E-state index contributed by atoms with van der Waals surface area (Å²) in [6.07, 6.45) is -1.29. The summed E-state index contributed by atoms with van der Waals surface area (Å²) in [6, 6.07) is 2.32. The first-order valence-corrected chi connectivity index (χ1v) is 6.53. The average Bonchev–Trinajstić information content (AvgIpc) is 2.41. The summed E-state index contributed by atoms with van der Waals surface area (Å²) < 4.78 is 53.2. The highest BCUT2D eigenvalue weighted by molar-refractivity contribution is 6.02. The molecule has 0 amide bonds. The SMILES string of the molecule is O=C(/C=C/c1cc(F)cc2c1C(=O)CCC2)OCC(F)(F)F. The molecule has 0 spiro atoms. The van der Waals surface area contributed by atoms with E-state index in [2.05, 4.69) is 4.74 Å². The molecule has 0 atom stereocenters. The number of rotatable bonds is 3. The van der Waals surface area contributed by atoms with Gasteiger partial charge in [0.2, 0.25) is 0 Å². The van der Waals surface area contributed by atoms with Crippen LogP contribution in [0.4, 0.5) is 17.6 Å². The average molecular weight is 316 g/mol. The lowest BCUT2D eigenvalue weighted by atomic mass is 9.87. The molecule has 3 nitrogen and oxygen atoms in total. The first-order chi connectivity index (χ1) is 10.3. The molecular weight excluding hydrogens is 304 g/mol. The van der Waals surface area contributed by atoms with Crippen molar-refractivity contribution < 1.29 is 31.9 Å². The van der Waals surface area contributed by atoms with Crippen molar-refractivity contribution in [1.29, 1.82) is 0 Å². The third-order valence-corrected chi connectivity index (χ3v) is 3.12. The lowest BCUT2D eigenvalue weighted by molar-refractivity contribution is -0.182. The maximum absolute atomic E-state index is 13.5. The standard InChI is InChI=1S/C15H12F4O3/c16-11-6-9-2-1-3-12(20)14(9)10(7-11)4-5-13(21)22-8-15(17,18)19/h4-7H,1-3,8H2/b5-4+. The van der Waals surface area contributed by atoms with Gasteiger partial charge in [0.25, 0.3) is 0 Å². The molecule has 1 aliphatic carbocycles. The Labute approximate surface area is 123 Å². The molecule has 1 aromatic rings. The molecule has 0 fully saturated rings. The molecular formula is C15H12F4O3. The van der Waals surface area contributed by atoms with Crippen LogP contribution in [0, 0.1) is 5.82 Å². The number of carbonyl (C=O) groups excluding carboxylic acids is 2. The molecule has 0 radical (unpaired) electrons. The van der Waals surface area contributed by atoms with Gasteiger partial charge in [0.15, 0.2) is 12.4 Å². The van der Waals surface area contributed by atoms with Gasteiger partial charge in [-0.3, -0.25) is 4.79 Å². The van der Waals surface area contributed by atoms with Gasteiger partial charge in [-0.25, -0.2) is 9.18 Å². The molecule has 1 aliphatic rings. The minimum atomic E-state index is -4.61. The Bertz CT molecular complexity index is 632. The summed E-state index contributed by atoms with van der Waals surface area (Å²) in [7, 11) is 0. The zero-order valence-corrected chi connectivity index (χ0v) is 11.4. The number of ether oxygens (including phenoxy) is 1. The number of benzene rings is 1. The summed E-state index contributed by atoms with van der Waals surface area (Å²) in [6.45, 7) is -1.70. The van der Waals surface area contributed by atoms with Gasteiger partial charge in [-0.1, -0.05) is 0 Å². The molecule has 1 aromatic carbocycles. The van der Waals surface area contributed by atoms with Crippen LogP contribution in [0.1, 0.15) is 34.3 Å². The van der Waals surface area contributed by atoms with Gasteiger partial charge in [0.05, 0.1) is 0 Å². The molecule has 118 valence electrons. The van der Waals surface area contributed by atoms with Gasteiger partial charge in [0.1, 0.15) is 5.82 Å². The van der Waals surface area contributed by atoms with Crippen LogP contribution in [-0.4, -0.2) is 24.5 Å². The Hall–Kier alpha value is -2.18. The number of hydrogen-bond acceptors (Lipinski definition) is 3. The van der Waals surface area contributed by atoms with E-state index in [-0.39, 0.29) is 11.3 Å². The molecule has 0 aliphatic heterocycles. The van der Waals surface area contributed by atoms with Crippen LogP contribution >= 0.6 is 0 Å². The number of ketones is 1. The van der Waals surface area contributed by atoms with Crippen molar-refractivity contribution >= 4 is 17.8 Å². The van der Waals surface area contributed by atoms with Gasteiger partial charge in [-0.05, 0) is 42.2 Å². The van der Waals surface area contributed by atoms with Crippen LogP contribution in [0.15, 0.2) is 18.2 Å². The van der Waals surface area contributed by atoms with Crippen LogP contribution in [0.2, 0.25) is 0 Å². The fraction of sp³-hybridized carbons (Fsp3) is 0.333. The highest BCUT2D eigenvalue weighted by Crippen LogP contribution is 2.26. The first kappa shape index (κ1) is 16.2. The van der Waals surface area contributed by atoms with Crippen LogP contribution in [0.3, 0.4) is 0 Å². The van der Waals surface area contributed by atoms with Crippen molar-refractivity contribution in [3.05, 3.63) is 40.7 Å². The Balaban J connectivity index is 2.19. The Morgan fingerprint density at radius 1 is 1.27 bits per heavy atom. The van der Waals surface area contributed by atoms with Crippen molar-refractivity contribution in [2.45, 2.75) is 25.4 Å². The minimum Gasteiger partial charge on any atom is -0.453 e. The van der Waals surface area contributed by atoms with E-state index < -0.39 is 24.6 Å². The van der Waals surface area contributed by atoms with E-state index in [9.17, 15) is 27.2 Å². The summed E-state index contributed by atoms with van der Waals surface area (Å²) in [5.74, 6) is -1.96. The second kappa shape index (κ2) is 6.29. The molecule has 0 saturated heterocycles. The second-order valence-electron chi connectivity index (χ2n) is 4.86. The van der Waals surface area contributed by atoms with Gasteiger partial charge in [-0.2, -0.15) is 13.2 Å². The Morgan fingerprint density at radius 2 is 2.00 bits per heavy atom. The van der Waals surface area contributed by atoms with Crippen LogP contribution in [-0.2, 0) is 16.0 Å². The van der Waals surface area contributed by atoms with Crippen LogP contribution in [0.5, 0.6) is 0 Å². The predicted molar refractivity (Wildman–Crippen MR) is 69.7 cm³/mol. The highest BCUT2D eigenvalue weighted by atomic mass is 19.4. The van der Waals surface area contributed by atoms with Crippen molar-refractivity contribution in [3.8, 4) is 0 Å². The van der Waals surface area contributed by atoms with Crippen molar-refractivity contribution in [1.82, 2.24) is 0 Å². The van der Waals surface area contributed by atoms with Crippen LogP contribution in [0.25, 0.3) is 6.08 Å². The monoisotopic (exact) mass is 316 g/mol. The molecule has 0 unspecified atom stereocenters. The molecule has 7 heteroatoms. The van der Waals surface area contributed by atoms with E-state index >= 15 is 0 Å². The number of aryl methyl sites for hydroxylation is 1. The number of hydrogen-bond donors (Lipinski definition) is 0. The second-order valence-corrected chi connectivity index (χ2v) is 4.86. The number of esters is 1. The minimum absolute atomic E-state index is 0.170. The zero-order valence-electron chi connectivity index (χ0n) is 11.4. The summed E-state index contributed by atoms with van der Waals surface area (Å²) in [4.78, 5) is 23.1. The maximum atomic E-state index is 13.5. The smallest absolute Gasteiger partial charge is 0.422 e. The van der Waals surface area contributed by atoms with E-state index in [0.717, 1.165) is 18.2 Å². The fourth-order valence-electron chi connectivity index (χ4n) is 2.28. The third kappa shape index (κ3) is 4.16. The van der Waals surface area contributed by atoms with Gasteiger partial charge < -0.3 is 4.74 Å². The lowest BCUT2D eigenvalue weighted by Gasteiger charge is -2.17. The number of Topliss-reactive ketones (excluding diaryl/α,β-unsaturated/α-hetero) is 1. The highest BCUT2D eigenvalue weighted by Gasteiger charge is 2.29. The first-order valence-electron chi connectivity index (χ1n) is 6.53. The lowest BCUT2D eigenvalue weighted by Crippen LogP contribution is -2.19. The topological polar surface area (TPSA) is 43.4 Å². The number of fused-ring (bicyclic) bond motifs is 1. The van der Waals surface area contributed by atoms with Crippen LogP contribution < -0.4 is 0 Å². The Morgan fingerprint density at radius 3 is 2.68 bits per heavy atom. The summed E-state index contributed by atoms with van der Waals surface area (Å²) in [5, 5.41) is 0. The number of carbonyl (C=O) groups is 2. The maximum Gasteiger partial charge on any atom is 0.422 e. The Kier molecular flexibility index (Phi) is 4.63. The van der Waals surface area contributed by atoms with Crippen molar-refractivity contribution in [3.63, 3.8) is 0 Å². The molecule has 0 heterocycles. The van der Waals surface area contributed by atoms with Crippen molar-refractivity contribution in [2.75, 3.05) is 6.61 Å². The normalized spacial score (nSPS) is 15.0. The van der Waals surface area contributed by atoms with E-state index in [0.29, 0.717) is 30.4 Å².